The molecule has 1 saturated heterocycles. The normalized spacial score (nSPS) is 19.9. The Bertz CT molecular complexity index is 607. The van der Waals surface area contributed by atoms with Crippen molar-refractivity contribution >= 4 is 22.5 Å². The monoisotopic (exact) mass is 262 g/mol. The van der Waals surface area contributed by atoms with E-state index in [-0.39, 0.29) is 0 Å². The van der Waals surface area contributed by atoms with Gasteiger partial charge in [0.25, 0.3) is 0 Å². The van der Waals surface area contributed by atoms with Crippen LogP contribution in [0.1, 0.15) is 29.2 Å². The SMILES string of the molecule is Cc1c(Cl)ccc2c(C3CCNC3)c(C)n(C)c12. The second-order valence-corrected chi connectivity index (χ2v) is 5.72. The molecule has 1 aromatic carbocycles. The molecule has 3 rings (SSSR count). The minimum Gasteiger partial charge on any atom is -0.347 e. The van der Waals surface area contributed by atoms with Gasteiger partial charge in [0, 0.05) is 29.7 Å². The van der Waals surface area contributed by atoms with Gasteiger partial charge in [-0.05, 0) is 49.9 Å². The summed E-state index contributed by atoms with van der Waals surface area (Å²) in [6.45, 7) is 6.57. The smallest absolute Gasteiger partial charge is 0.0527 e. The van der Waals surface area contributed by atoms with Crippen LogP contribution in [0.15, 0.2) is 12.1 Å². The lowest BCUT2D eigenvalue weighted by Gasteiger charge is -2.09. The van der Waals surface area contributed by atoms with E-state index >= 15 is 0 Å². The van der Waals surface area contributed by atoms with Crippen LogP contribution in [-0.4, -0.2) is 17.7 Å². The molecule has 1 fully saturated rings. The second kappa shape index (κ2) is 4.29. The van der Waals surface area contributed by atoms with Crippen LogP contribution in [0.3, 0.4) is 0 Å². The fourth-order valence-corrected chi connectivity index (χ4v) is 3.44. The number of aromatic nitrogens is 1. The lowest BCUT2D eigenvalue weighted by atomic mass is 9.95. The first-order chi connectivity index (χ1) is 8.61. The van der Waals surface area contributed by atoms with Gasteiger partial charge in [-0.3, -0.25) is 0 Å². The summed E-state index contributed by atoms with van der Waals surface area (Å²) in [4.78, 5) is 0. The highest BCUT2D eigenvalue weighted by Crippen LogP contribution is 2.37. The van der Waals surface area contributed by atoms with Crippen LogP contribution < -0.4 is 5.32 Å². The van der Waals surface area contributed by atoms with Gasteiger partial charge in [0.2, 0.25) is 0 Å². The second-order valence-electron chi connectivity index (χ2n) is 5.32. The summed E-state index contributed by atoms with van der Waals surface area (Å²) in [7, 11) is 2.15. The summed E-state index contributed by atoms with van der Waals surface area (Å²) in [5, 5.41) is 5.70. The maximum Gasteiger partial charge on any atom is 0.0527 e. The molecule has 1 aliphatic heterocycles. The van der Waals surface area contributed by atoms with Gasteiger partial charge < -0.3 is 9.88 Å². The highest BCUT2D eigenvalue weighted by molar-refractivity contribution is 6.32. The minimum atomic E-state index is 0.647. The van der Waals surface area contributed by atoms with Crippen LogP contribution >= 0.6 is 11.6 Å². The molecule has 96 valence electrons. The third kappa shape index (κ3) is 1.59. The van der Waals surface area contributed by atoms with Crippen molar-refractivity contribution in [3.05, 3.63) is 34.0 Å². The molecule has 0 spiro atoms. The number of benzene rings is 1. The van der Waals surface area contributed by atoms with E-state index in [0.29, 0.717) is 5.92 Å². The fourth-order valence-electron chi connectivity index (χ4n) is 3.28. The largest absolute Gasteiger partial charge is 0.347 e. The Balaban J connectivity index is 2.32. The van der Waals surface area contributed by atoms with E-state index in [4.69, 9.17) is 11.6 Å². The summed E-state index contributed by atoms with van der Waals surface area (Å²) in [5.41, 5.74) is 5.38. The Morgan fingerprint density at radius 2 is 2.11 bits per heavy atom. The number of rotatable bonds is 1. The number of halogens is 1. The first-order valence-electron chi connectivity index (χ1n) is 6.56. The maximum absolute atomic E-state index is 6.26. The summed E-state index contributed by atoms with van der Waals surface area (Å²) in [6.07, 6.45) is 1.24. The van der Waals surface area contributed by atoms with E-state index in [2.05, 4.69) is 36.8 Å². The Morgan fingerprint density at radius 3 is 2.78 bits per heavy atom. The first kappa shape index (κ1) is 12.1. The summed E-state index contributed by atoms with van der Waals surface area (Å²) < 4.78 is 2.30. The molecule has 0 aliphatic carbocycles. The molecule has 1 unspecified atom stereocenters. The molecule has 1 atom stereocenters. The molecular weight excluding hydrogens is 244 g/mol. The lowest BCUT2D eigenvalue weighted by molar-refractivity contribution is 0.751. The van der Waals surface area contributed by atoms with Crippen molar-refractivity contribution in [1.82, 2.24) is 9.88 Å². The Kier molecular flexibility index (Phi) is 2.87. The standard InChI is InChI=1S/C15H19ClN2/c1-9-13(16)5-4-12-14(11-6-7-17-8-11)10(2)18(3)15(9)12/h4-5,11,17H,6-8H2,1-3H3. The van der Waals surface area contributed by atoms with E-state index in [1.807, 2.05) is 6.07 Å². The molecular formula is C15H19ClN2. The van der Waals surface area contributed by atoms with E-state index in [1.54, 1.807) is 0 Å². The van der Waals surface area contributed by atoms with E-state index in [1.165, 1.54) is 34.1 Å². The van der Waals surface area contributed by atoms with Crippen LogP contribution in [0.25, 0.3) is 10.9 Å². The number of hydrogen-bond acceptors (Lipinski definition) is 1. The molecule has 0 bridgehead atoms. The zero-order valence-corrected chi connectivity index (χ0v) is 11.9. The van der Waals surface area contributed by atoms with Crippen LogP contribution in [0, 0.1) is 13.8 Å². The predicted molar refractivity (Wildman–Crippen MR) is 77.6 cm³/mol. The Labute approximate surface area is 113 Å². The highest BCUT2D eigenvalue weighted by Gasteiger charge is 2.24. The third-order valence-electron chi connectivity index (χ3n) is 4.35. The van der Waals surface area contributed by atoms with Crippen molar-refractivity contribution in [3.8, 4) is 0 Å². The Hall–Kier alpha value is -0.990. The van der Waals surface area contributed by atoms with E-state index < -0.39 is 0 Å². The highest BCUT2D eigenvalue weighted by atomic mass is 35.5. The average molecular weight is 263 g/mol. The first-order valence-corrected chi connectivity index (χ1v) is 6.93. The number of nitrogens with one attached hydrogen (secondary N) is 1. The fraction of sp³-hybridized carbons (Fsp3) is 0.467. The van der Waals surface area contributed by atoms with Crippen LogP contribution in [0.4, 0.5) is 0 Å². The molecule has 18 heavy (non-hydrogen) atoms. The van der Waals surface area contributed by atoms with Gasteiger partial charge in [0.15, 0.2) is 0 Å². The lowest BCUT2D eigenvalue weighted by Crippen LogP contribution is -2.08. The van der Waals surface area contributed by atoms with Crippen molar-refractivity contribution in [2.45, 2.75) is 26.2 Å². The van der Waals surface area contributed by atoms with E-state index in [9.17, 15) is 0 Å². The molecule has 0 saturated carbocycles. The molecule has 0 radical (unpaired) electrons. The zero-order chi connectivity index (χ0) is 12.9. The quantitative estimate of drug-likeness (QED) is 0.832. The van der Waals surface area contributed by atoms with Crippen LogP contribution in [0.2, 0.25) is 5.02 Å². The van der Waals surface area contributed by atoms with Crippen molar-refractivity contribution in [3.63, 3.8) is 0 Å². The molecule has 1 N–H and O–H groups in total. The number of fused-ring (bicyclic) bond motifs is 1. The predicted octanol–water partition coefficient (Wildman–Crippen LogP) is 3.53. The molecule has 2 nitrogen and oxygen atoms in total. The topological polar surface area (TPSA) is 17.0 Å². The molecule has 0 amide bonds. The number of hydrogen-bond donors (Lipinski definition) is 1. The van der Waals surface area contributed by atoms with Crippen molar-refractivity contribution in [1.29, 1.82) is 0 Å². The minimum absolute atomic E-state index is 0.647. The van der Waals surface area contributed by atoms with Crippen molar-refractivity contribution < 1.29 is 0 Å². The Morgan fingerprint density at radius 1 is 1.33 bits per heavy atom. The van der Waals surface area contributed by atoms with Gasteiger partial charge in [-0.25, -0.2) is 0 Å². The molecule has 1 aliphatic rings. The maximum atomic E-state index is 6.26. The molecule has 2 heterocycles. The van der Waals surface area contributed by atoms with Crippen LogP contribution in [0.5, 0.6) is 0 Å². The summed E-state index contributed by atoms with van der Waals surface area (Å²) >= 11 is 6.26. The average Bonchev–Trinajstić information content (AvgIpc) is 2.93. The van der Waals surface area contributed by atoms with Crippen molar-refractivity contribution in [2.24, 2.45) is 7.05 Å². The van der Waals surface area contributed by atoms with Gasteiger partial charge in [-0.15, -0.1) is 0 Å². The third-order valence-corrected chi connectivity index (χ3v) is 4.76. The van der Waals surface area contributed by atoms with Gasteiger partial charge in [0.1, 0.15) is 0 Å². The van der Waals surface area contributed by atoms with Gasteiger partial charge in [-0.1, -0.05) is 17.7 Å². The number of aryl methyl sites for hydroxylation is 2. The molecule has 2 aromatic rings. The van der Waals surface area contributed by atoms with Gasteiger partial charge >= 0.3 is 0 Å². The summed E-state index contributed by atoms with van der Waals surface area (Å²) in [5.74, 6) is 0.647. The number of nitrogens with zero attached hydrogens (tertiary/aromatic N) is 1. The van der Waals surface area contributed by atoms with Crippen LogP contribution in [-0.2, 0) is 7.05 Å². The van der Waals surface area contributed by atoms with E-state index in [0.717, 1.165) is 18.1 Å². The molecule has 1 aromatic heterocycles. The van der Waals surface area contributed by atoms with Gasteiger partial charge in [0.05, 0.1) is 5.52 Å². The summed E-state index contributed by atoms with van der Waals surface area (Å²) in [6, 6.07) is 4.22. The van der Waals surface area contributed by atoms with Crippen molar-refractivity contribution in [2.75, 3.05) is 13.1 Å². The molecule has 3 heteroatoms. The van der Waals surface area contributed by atoms with Gasteiger partial charge in [-0.2, -0.15) is 0 Å². The zero-order valence-electron chi connectivity index (χ0n) is 11.2.